The minimum atomic E-state index is 0.747. The Morgan fingerprint density at radius 1 is 1.25 bits per heavy atom. The van der Waals surface area contributed by atoms with E-state index in [1.165, 1.54) is 10.9 Å². The molecule has 0 saturated carbocycles. The molecule has 0 radical (unpaired) electrons. The summed E-state index contributed by atoms with van der Waals surface area (Å²) < 4.78 is 5.01. The molecule has 0 amide bonds. The van der Waals surface area contributed by atoms with Crippen LogP contribution in [0.25, 0.3) is 10.9 Å². The summed E-state index contributed by atoms with van der Waals surface area (Å²) in [6.07, 6.45) is 0. The van der Waals surface area contributed by atoms with Gasteiger partial charge in [-0.2, -0.15) is 0 Å². The predicted molar refractivity (Wildman–Crippen MR) is 84.5 cm³/mol. The minimum Gasteiger partial charge on any atom is -0.383 e. The van der Waals surface area contributed by atoms with Gasteiger partial charge in [0.15, 0.2) is 0 Å². The second-order valence-corrected chi connectivity index (χ2v) is 4.99. The Hall–Kier alpha value is -1.65. The fourth-order valence-corrected chi connectivity index (χ4v) is 2.25. The van der Waals surface area contributed by atoms with Crippen LogP contribution in [0.5, 0.6) is 0 Å². The molecular weight excluding hydrogens is 250 g/mol. The molecule has 0 fully saturated rings. The smallest absolute Gasteiger partial charge is 0.131 e. The van der Waals surface area contributed by atoms with Crippen molar-refractivity contribution in [3.05, 3.63) is 35.9 Å². The minimum absolute atomic E-state index is 0.747. The number of pyridine rings is 1. The van der Waals surface area contributed by atoms with E-state index in [0.29, 0.717) is 0 Å². The van der Waals surface area contributed by atoms with Crippen molar-refractivity contribution in [1.29, 1.82) is 0 Å². The largest absolute Gasteiger partial charge is 0.383 e. The number of ether oxygens (including phenoxy) is 1. The maximum absolute atomic E-state index is 5.01. The molecule has 1 heterocycles. The topological polar surface area (TPSA) is 37.4 Å². The van der Waals surface area contributed by atoms with Crippen LogP contribution in [0.4, 0.5) is 5.82 Å². The molecule has 2 rings (SSSR count). The van der Waals surface area contributed by atoms with E-state index in [1.807, 2.05) is 12.1 Å². The second kappa shape index (κ2) is 7.22. The molecule has 0 aliphatic carbocycles. The molecule has 0 unspecified atom stereocenters. The number of hydrogen-bond acceptors (Lipinski definition) is 4. The molecule has 0 aliphatic heterocycles. The third kappa shape index (κ3) is 3.68. The van der Waals surface area contributed by atoms with Gasteiger partial charge in [-0.25, -0.2) is 4.98 Å². The van der Waals surface area contributed by atoms with Gasteiger partial charge in [-0.05, 0) is 24.6 Å². The molecule has 4 heteroatoms. The fourth-order valence-electron chi connectivity index (χ4n) is 2.25. The Morgan fingerprint density at radius 3 is 2.85 bits per heavy atom. The first kappa shape index (κ1) is 14.8. The predicted octanol–water partition coefficient (Wildman–Crippen LogP) is 2.22. The Morgan fingerprint density at radius 2 is 2.05 bits per heavy atom. The number of benzene rings is 1. The lowest BCUT2D eigenvalue weighted by atomic mass is 10.1. The number of nitrogens with one attached hydrogen (secondary N) is 1. The summed E-state index contributed by atoms with van der Waals surface area (Å²) in [7, 11) is 3.80. The van der Waals surface area contributed by atoms with Crippen molar-refractivity contribution in [2.45, 2.75) is 6.92 Å². The highest BCUT2D eigenvalue weighted by Gasteiger charge is 2.07. The number of para-hydroxylation sites is 1. The van der Waals surface area contributed by atoms with Crippen LogP contribution in [0.1, 0.15) is 5.56 Å². The number of methoxy groups -OCH3 is 1. The molecule has 0 bridgehead atoms. The van der Waals surface area contributed by atoms with Crippen LogP contribution in [0, 0.1) is 6.92 Å². The van der Waals surface area contributed by atoms with Gasteiger partial charge in [-0.15, -0.1) is 0 Å². The molecule has 4 nitrogen and oxygen atoms in total. The zero-order valence-electron chi connectivity index (χ0n) is 12.5. The van der Waals surface area contributed by atoms with Crippen molar-refractivity contribution < 1.29 is 4.74 Å². The Balaban J connectivity index is 2.02. The summed E-state index contributed by atoms with van der Waals surface area (Å²) in [6, 6.07) is 10.4. The van der Waals surface area contributed by atoms with Gasteiger partial charge in [0.1, 0.15) is 5.82 Å². The van der Waals surface area contributed by atoms with E-state index in [1.54, 1.807) is 7.11 Å². The highest BCUT2D eigenvalue weighted by atomic mass is 16.5. The van der Waals surface area contributed by atoms with E-state index in [4.69, 9.17) is 9.72 Å². The second-order valence-electron chi connectivity index (χ2n) is 4.99. The van der Waals surface area contributed by atoms with Crippen molar-refractivity contribution in [2.75, 3.05) is 45.3 Å². The summed E-state index contributed by atoms with van der Waals surface area (Å²) in [5.41, 5.74) is 2.26. The SMILES string of the molecule is COCCNCCN(C)c1nc2ccccc2cc1C. The lowest BCUT2D eigenvalue weighted by Gasteiger charge is -2.21. The van der Waals surface area contributed by atoms with E-state index < -0.39 is 0 Å². The van der Waals surface area contributed by atoms with Gasteiger partial charge in [-0.1, -0.05) is 18.2 Å². The van der Waals surface area contributed by atoms with Crippen LogP contribution in [-0.2, 0) is 4.74 Å². The first-order chi connectivity index (χ1) is 9.72. The molecule has 0 spiro atoms. The third-order valence-electron chi connectivity index (χ3n) is 3.36. The van der Waals surface area contributed by atoms with Gasteiger partial charge >= 0.3 is 0 Å². The van der Waals surface area contributed by atoms with Crippen LogP contribution in [0.2, 0.25) is 0 Å². The van der Waals surface area contributed by atoms with Gasteiger partial charge < -0.3 is 15.0 Å². The van der Waals surface area contributed by atoms with Gasteiger partial charge in [0.2, 0.25) is 0 Å². The zero-order valence-corrected chi connectivity index (χ0v) is 12.5. The highest BCUT2D eigenvalue weighted by Crippen LogP contribution is 2.21. The lowest BCUT2D eigenvalue weighted by Crippen LogP contribution is -2.31. The van der Waals surface area contributed by atoms with Crippen molar-refractivity contribution in [2.24, 2.45) is 0 Å². The van der Waals surface area contributed by atoms with Crippen LogP contribution < -0.4 is 10.2 Å². The van der Waals surface area contributed by atoms with Crippen LogP contribution in [-0.4, -0.2) is 45.4 Å². The Bertz CT molecular complexity index is 556. The van der Waals surface area contributed by atoms with Gasteiger partial charge in [0.25, 0.3) is 0 Å². The summed E-state index contributed by atoms with van der Waals surface area (Å²) in [5, 5.41) is 4.54. The standard InChI is InChI=1S/C16H23N3O/c1-13-12-14-6-4-5-7-15(14)18-16(13)19(2)10-8-17-9-11-20-3/h4-7,12,17H,8-11H2,1-3H3. The number of nitrogens with zero attached hydrogens (tertiary/aromatic N) is 2. The van der Waals surface area contributed by atoms with Crippen LogP contribution >= 0.6 is 0 Å². The summed E-state index contributed by atoms with van der Waals surface area (Å²) >= 11 is 0. The summed E-state index contributed by atoms with van der Waals surface area (Å²) in [5.74, 6) is 1.05. The summed E-state index contributed by atoms with van der Waals surface area (Å²) in [6.45, 7) is 5.60. The van der Waals surface area contributed by atoms with Gasteiger partial charge in [0, 0.05) is 39.2 Å². The van der Waals surface area contributed by atoms with Crippen LogP contribution in [0.3, 0.4) is 0 Å². The van der Waals surface area contributed by atoms with Crippen molar-refractivity contribution in [3.63, 3.8) is 0 Å². The van der Waals surface area contributed by atoms with E-state index >= 15 is 0 Å². The first-order valence-corrected chi connectivity index (χ1v) is 6.99. The van der Waals surface area contributed by atoms with Gasteiger partial charge in [-0.3, -0.25) is 0 Å². The average Bonchev–Trinajstić information content (AvgIpc) is 2.46. The van der Waals surface area contributed by atoms with E-state index in [2.05, 4.69) is 42.4 Å². The normalized spacial score (nSPS) is 10.9. The molecule has 20 heavy (non-hydrogen) atoms. The number of aromatic nitrogens is 1. The lowest BCUT2D eigenvalue weighted by molar-refractivity contribution is 0.200. The maximum Gasteiger partial charge on any atom is 0.131 e. The van der Waals surface area contributed by atoms with E-state index in [9.17, 15) is 0 Å². The van der Waals surface area contributed by atoms with Crippen LogP contribution in [0.15, 0.2) is 30.3 Å². The molecule has 1 N–H and O–H groups in total. The molecule has 2 aromatic rings. The van der Waals surface area contributed by atoms with Gasteiger partial charge in [0.05, 0.1) is 12.1 Å². The molecule has 0 saturated heterocycles. The molecule has 0 aliphatic rings. The quantitative estimate of drug-likeness (QED) is 0.785. The summed E-state index contributed by atoms with van der Waals surface area (Å²) in [4.78, 5) is 6.96. The first-order valence-electron chi connectivity index (χ1n) is 6.99. The van der Waals surface area contributed by atoms with Crippen molar-refractivity contribution in [1.82, 2.24) is 10.3 Å². The molecule has 108 valence electrons. The van der Waals surface area contributed by atoms with E-state index in [0.717, 1.165) is 37.6 Å². The number of likely N-dealkylation sites (N-methyl/N-ethyl adjacent to an activating group) is 1. The molecule has 1 aromatic carbocycles. The average molecular weight is 273 g/mol. The monoisotopic (exact) mass is 273 g/mol. The molecule has 0 atom stereocenters. The maximum atomic E-state index is 5.01. The Labute approximate surface area is 120 Å². The van der Waals surface area contributed by atoms with Crippen molar-refractivity contribution in [3.8, 4) is 0 Å². The molecular formula is C16H23N3O. The molecule has 1 aromatic heterocycles. The Kier molecular flexibility index (Phi) is 5.32. The van der Waals surface area contributed by atoms with E-state index in [-0.39, 0.29) is 0 Å². The fraction of sp³-hybridized carbons (Fsp3) is 0.438. The van der Waals surface area contributed by atoms with Crippen molar-refractivity contribution >= 4 is 16.7 Å². The number of hydrogen-bond donors (Lipinski definition) is 1. The third-order valence-corrected chi connectivity index (χ3v) is 3.36. The number of rotatable bonds is 7. The number of fused-ring (bicyclic) bond motifs is 1. The number of anilines is 1. The number of aryl methyl sites for hydroxylation is 1. The highest BCUT2D eigenvalue weighted by molar-refractivity contribution is 5.81. The zero-order chi connectivity index (χ0) is 14.4.